The van der Waals surface area contributed by atoms with Gasteiger partial charge in [0, 0.05) is 32.7 Å². The van der Waals surface area contributed by atoms with Crippen LogP contribution in [0.25, 0.3) is 0 Å². The van der Waals surface area contributed by atoms with E-state index in [1.165, 1.54) is 14.0 Å². The van der Waals surface area contributed by atoms with Crippen molar-refractivity contribution in [3.05, 3.63) is 0 Å². The van der Waals surface area contributed by atoms with Crippen LogP contribution in [0.3, 0.4) is 0 Å². The number of nitrogens with two attached hydrogens (primary N) is 3. The van der Waals surface area contributed by atoms with Crippen molar-refractivity contribution in [3.63, 3.8) is 0 Å². The number of carbonyl (C=O) groups excluding carboxylic acids is 11. The van der Waals surface area contributed by atoms with E-state index in [1.807, 2.05) is 0 Å². The third-order valence-electron chi connectivity index (χ3n) is 10.2. The molecule has 70 heavy (non-hydrogen) atoms. The second-order valence-corrected chi connectivity index (χ2v) is 15.8. The van der Waals surface area contributed by atoms with Gasteiger partial charge in [-0.3, -0.25) is 67.1 Å². The molecule has 0 saturated heterocycles. The predicted molar refractivity (Wildman–Crippen MR) is 238 cm³/mol. The molecule has 0 saturated carbocycles. The largest absolute Gasteiger partial charge is 0.481 e. The van der Waals surface area contributed by atoms with Crippen molar-refractivity contribution in [2.24, 2.45) is 17.2 Å². The number of carboxylic acid groups (broad SMARTS) is 3. The van der Waals surface area contributed by atoms with E-state index in [0.717, 1.165) is 7.05 Å². The van der Waals surface area contributed by atoms with Crippen molar-refractivity contribution in [1.29, 1.82) is 0 Å². The summed E-state index contributed by atoms with van der Waals surface area (Å²) < 4.78 is 0. The van der Waals surface area contributed by atoms with Gasteiger partial charge in [-0.25, -0.2) is 0 Å². The van der Waals surface area contributed by atoms with Crippen LogP contribution in [0.2, 0.25) is 0 Å². The first-order chi connectivity index (χ1) is 32.7. The van der Waals surface area contributed by atoms with Crippen LogP contribution in [-0.2, 0) is 67.1 Å². The molecule has 0 heterocycles. The number of likely N-dealkylation sites (N-methyl/N-ethyl adjacent to an activating group) is 2. The zero-order valence-electron chi connectivity index (χ0n) is 39.2. The molecule has 0 rings (SSSR count). The Morgan fingerprint density at radius 3 is 1.43 bits per heavy atom. The molecule has 0 aromatic carbocycles. The molecule has 0 fully saturated rings. The van der Waals surface area contributed by atoms with Crippen LogP contribution in [-0.4, -0.2) is 184 Å². The van der Waals surface area contributed by atoms with E-state index in [4.69, 9.17) is 27.4 Å². The fourth-order valence-electron chi connectivity index (χ4n) is 6.26. The number of amides is 11. The summed E-state index contributed by atoms with van der Waals surface area (Å²) >= 11 is 0. The Balaban J connectivity index is 6.07. The van der Waals surface area contributed by atoms with E-state index >= 15 is 0 Å². The summed E-state index contributed by atoms with van der Waals surface area (Å²) in [4.78, 5) is 175. The summed E-state index contributed by atoms with van der Waals surface area (Å²) in [5.74, 6) is -15.3. The lowest BCUT2D eigenvalue weighted by Gasteiger charge is -2.30. The highest BCUT2D eigenvalue weighted by Crippen LogP contribution is 2.11. The molecule has 0 aliphatic rings. The normalized spacial score (nSPS) is 14.2. The quantitative estimate of drug-likeness (QED) is 0.0277. The van der Waals surface area contributed by atoms with Crippen LogP contribution in [0, 0.1) is 0 Å². The number of rotatable bonds is 36. The Bertz CT molecular complexity index is 1920. The van der Waals surface area contributed by atoms with Gasteiger partial charge in [0.05, 0.1) is 25.6 Å². The van der Waals surface area contributed by atoms with Crippen molar-refractivity contribution >= 4 is 82.9 Å². The molecule has 30 nitrogen and oxygen atoms in total. The summed E-state index contributed by atoms with van der Waals surface area (Å²) in [5, 5.41) is 55.9. The van der Waals surface area contributed by atoms with Gasteiger partial charge in [-0.1, -0.05) is 19.8 Å². The second kappa shape index (κ2) is 32.3. The average molecular weight is 1000 g/mol. The van der Waals surface area contributed by atoms with Gasteiger partial charge in [-0.2, -0.15) is 0 Å². The minimum Gasteiger partial charge on any atom is -0.481 e. The maximum Gasteiger partial charge on any atom is 0.303 e. The van der Waals surface area contributed by atoms with E-state index in [0.29, 0.717) is 11.3 Å². The zero-order chi connectivity index (χ0) is 53.8. The number of primary amides is 3. The number of hydrogen-bond donors (Lipinski definition) is 15. The molecule has 0 aliphatic carbocycles. The fraction of sp³-hybridized carbons (Fsp3) is 0.650. The van der Waals surface area contributed by atoms with Crippen LogP contribution in [0.15, 0.2) is 0 Å². The lowest BCUT2D eigenvalue weighted by Crippen LogP contribution is -2.60. The monoisotopic (exact) mass is 1000 g/mol. The molecule has 8 atom stereocenters. The number of unbranched alkanes of at least 4 members (excludes halogenated alkanes) is 1. The smallest absolute Gasteiger partial charge is 0.303 e. The minimum absolute atomic E-state index is 0.113. The first-order valence-electron chi connectivity index (χ1n) is 21.8. The molecule has 0 aromatic heterocycles. The maximum absolute atomic E-state index is 13.6. The maximum atomic E-state index is 13.6. The number of aliphatic carboxylic acids is 3. The molecule has 0 radical (unpaired) electrons. The summed E-state index contributed by atoms with van der Waals surface area (Å²) in [6.45, 7) is 0.981. The lowest BCUT2D eigenvalue weighted by molar-refractivity contribution is -0.144. The molecule has 0 bridgehead atoms. The summed E-state index contributed by atoms with van der Waals surface area (Å²) in [6.07, 6.45) is -3.72. The van der Waals surface area contributed by atoms with Crippen LogP contribution in [0.1, 0.15) is 90.9 Å². The van der Waals surface area contributed by atoms with Gasteiger partial charge in [0.15, 0.2) is 0 Å². The number of carboxylic acids is 3. The van der Waals surface area contributed by atoms with E-state index in [9.17, 15) is 77.3 Å². The molecule has 0 aliphatic heterocycles. The predicted octanol–water partition coefficient (Wildman–Crippen LogP) is -7.15. The highest BCUT2D eigenvalue weighted by atomic mass is 16.4. The zero-order valence-corrected chi connectivity index (χ0v) is 39.2. The Morgan fingerprint density at radius 2 is 0.957 bits per heavy atom. The number of carbonyl (C=O) groups is 14. The van der Waals surface area contributed by atoms with Gasteiger partial charge in [-0.15, -0.1) is 0 Å². The van der Waals surface area contributed by atoms with E-state index in [1.54, 1.807) is 6.92 Å². The molecule has 11 amide bonds. The summed E-state index contributed by atoms with van der Waals surface area (Å²) in [7, 11) is 2.42. The number of nitrogens with one attached hydrogen (secondary N) is 8. The first-order valence-corrected chi connectivity index (χ1v) is 21.8. The van der Waals surface area contributed by atoms with Gasteiger partial charge >= 0.3 is 17.9 Å². The van der Waals surface area contributed by atoms with Crippen LogP contribution < -0.4 is 59.7 Å². The second-order valence-electron chi connectivity index (χ2n) is 15.8. The van der Waals surface area contributed by atoms with Crippen molar-refractivity contribution in [2.75, 3.05) is 27.2 Å². The van der Waals surface area contributed by atoms with Crippen LogP contribution in [0.5, 0.6) is 0 Å². The highest BCUT2D eigenvalue weighted by Gasteiger charge is 2.36. The van der Waals surface area contributed by atoms with E-state index in [2.05, 4.69) is 42.5 Å². The number of aliphatic hydroxyl groups excluding tert-OH is 1. The third-order valence-corrected chi connectivity index (χ3v) is 10.2. The topological polar surface area (TPSA) is 497 Å². The van der Waals surface area contributed by atoms with Gasteiger partial charge < -0.3 is 85.1 Å². The SMILES string of the molecule is CCCC[C@H](NC(=O)[C@H](CCC(=O)O)NC(=O)[C@H](C)NC(=O)CNC(=O)[C@H](CCC(N)=O)NC(=O)[C@H](CCC(=O)O)NC)C(=O)N[C@@H](CO)C(=O)N[C@@H](CC(N)=O)C(=O)N(C)[C@@H](CCC(=O)O)C(N)=O. The molecule has 0 unspecified atom stereocenters. The van der Waals surface area contributed by atoms with Crippen molar-refractivity contribution in [2.45, 2.75) is 139 Å². The van der Waals surface area contributed by atoms with Crippen molar-refractivity contribution in [1.82, 2.24) is 47.4 Å². The molecular weight excluding hydrogens is 937 g/mol. The van der Waals surface area contributed by atoms with E-state index in [-0.39, 0.29) is 32.1 Å². The van der Waals surface area contributed by atoms with E-state index < -0.39 is 183 Å². The summed E-state index contributed by atoms with van der Waals surface area (Å²) in [5.41, 5.74) is 15.8. The lowest BCUT2D eigenvalue weighted by atomic mass is 10.1. The minimum atomic E-state index is -1.86. The highest BCUT2D eigenvalue weighted by molar-refractivity contribution is 5.98. The average Bonchev–Trinajstić information content (AvgIpc) is 3.27. The van der Waals surface area contributed by atoms with Crippen molar-refractivity contribution < 1.29 is 87.5 Å². The van der Waals surface area contributed by atoms with Gasteiger partial charge in [-0.05, 0) is 46.1 Å². The number of nitrogens with zero attached hydrogens (tertiary/aromatic N) is 1. The van der Waals surface area contributed by atoms with Gasteiger partial charge in [0.25, 0.3) is 0 Å². The Kier molecular flexibility index (Phi) is 28.8. The molecule has 30 heteroatoms. The van der Waals surface area contributed by atoms with Gasteiger partial charge in [0.2, 0.25) is 65.0 Å². The van der Waals surface area contributed by atoms with Crippen molar-refractivity contribution in [3.8, 4) is 0 Å². The Labute approximate surface area is 401 Å². The third kappa shape index (κ3) is 24.5. The summed E-state index contributed by atoms with van der Waals surface area (Å²) in [6, 6.07) is -12.3. The molecule has 18 N–H and O–H groups in total. The Hall–Kier alpha value is -7.50. The fourth-order valence-corrected chi connectivity index (χ4v) is 6.26. The first kappa shape index (κ1) is 62.5. The van der Waals surface area contributed by atoms with Crippen LogP contribution >= 0.6 is 0 Å². The molecule has 0 aromatic rings. The molecule has 0 spiro atoms. The van der Waals surface area contributed by atoms with Gasteiger partial charge in [0.1, 0.15) is 42.3 Å². The molecular formula is C40H66N12O18. The molecule has 394 valence electrons. The number of hydrogen-bond acceptors (Lipinski definition) is 16. The van der Waals surface area contributed by atoms with Crippen LogP contribution in [0.4, 0.5) is 0 Å². The Morgan fingerprint density at radius 1 is 0.529 bits per heavy atom. The standard InChI is InChI=1S/C40H66N12O18/c1-5-6-7-21(37(67)51-25(18-53)39(69)50-24(16-28(42)55)40(70)52(4)26(33(43)63)11-15-32(61)62)48-38(68)23(10-14-31(59)60)47-34(64)19(2)46-29(56)17-45-35(65)22(8-12-27(41)54)49-36(66)20(44-3)9-13-30(57)58/h19-26,44,53H,5-18H2,1-4H3,(H2,41,54)(H2,42,55)(H2,43,63)(H,45,65)(H,46,56)(H,47,64)(H,48,68)(H,49,66)(H,50,69)(H,51,67)(H,57,58)(H,59,60)(H,61,62)/t19-,20-,21-,22-,23-,24-,25-,26-/m0/s1. The number of aliphatic hydroxyl groups is 1.